The molecule has 0 bridgehead atoms. The van der Waals surface area contributed by atoms with Crippen LogP contribution in [-0.2, 0) is 9.59 Å². The summed E-state index contributed by atoms with van der Waals surface area (Å²) in [6.45, 7) is 0.0266. The van der Waals surface area contributed by atoms with Crippen molar-refractivity contribution in [2.24, 2.45) is 4.99 Å². The van der Waals surface area contributed by atoms with E-state index >= 15 is 0 Å². The zero-order valence-corrected chi connectivity index (χ0v) is 4.63. The van der Waals surface area contributed by atoms with Crippen LogP contribution in [0, 0.1) is 0 Å². The highest BCUT2D eigenvalue weighted by Crippen LogP contribution is 1.76. The third kappa shape index (κ3) is 10.9. The third-order valence-electron chi connectivity index (χ3n) is 0.502. The van der Waals surface area contributed by atoms with Gasteiger partial charge >= 0.3 is 5.97 Å². The number of nitrogens with zero attached hydrogens (tertiary/aromatic N) is 1. The van der Waals surface area contributed by atoms with E-state index in [0.29, 0.717) is 0 Å². The molecule has 0 aromatic rings. The average molecular weight is 133 g/mol. The summed E-state index contributed by atoms with van der Waals surface area (Å²) in [6.07, 6.45) is 1.13. The number of rotatable bonds is 3. The highest BCUT2D eigenvalue weighted by atomic mass is 16.4. The van der Waals surface area contributed by atoms with E-state index in [0.717, 1.165) is 0 Å². The third-order valence-corrected chi connectivity index (χ3v) is 0.502. The molecule has 9 heavy (non-hydrogen) atoms. The predicted molar refractivity (Wildman–Crippen MR) is 28.9 cm³/mol. The molecule has 3 N–H and O–H groups in total. The minimum Gasteiger partial charge on any atom is -0.481 e. The van der Waals surface area contributed by atoms with Gasteiger partial charge in [-0.15, -0.1) is 0 Å². The van der Waals surface area contributed by atoms with Crippen LogP contribution in [0.3, 0.4) is 0 Å². The van der Waals surface area contributed by atoms with Crippen LogP contribution in [0.25, 0.3) is 0 Å². The van der Waals surface area contributed by atoms with Crippen molar-refractivity contribution < 1.29 is 20.2 Å². The second-order valence-electron chi connectivity index (χ2n) is 1.12. The quantitative estimate of drug-likeness (QED) is 0.393. The number of isocyanates is 1. The van der Waals surface area contributed by atoms with Crippen LogP contribution in [-0.4, -0.2) is 29.2 Å². The van der Waals surface area contributed by atoms with Gasteiger partial charge in [0, 0.05) is 0 Å². The van der Waals surface area contributed by atoms with Crippen LogP contribution in [0.2, 0.25) is 0 Å². The normalized spacial score (nSPS) is 6.67. The Morgan fingerprint density at radius 3 is 2.56 bits per heavy atom. The van der Waals surface area contributed by atoms with Gasteiger partial charge in [0.25, 0.3) is 0 Å². The molecule has 0 saturated carbocycles. The summed E-state index contributed by atoms with van der Waals surface area (Å²) < 4.78 is 0. The molecule has 5 nitrogen and oxygen atoms in total. The number of hydrogen-bond donors (Lipinski definition) is 1. The van der Waals surface area contributed by atoms with Crippen molar-refractivity contribution in [3.8, 4) is 0 Å². The van der Waals surface area contributed by atoms with Crippen LogP contribution in [0.15, 0.2) is 4.99 Å². The Kier molecular flexibility index (Phi) is 8.12. The molecule has 0 aromatic heterocycles. The largest absolute Gasteiger partial charge is 0.481 e. The van der Waals surface area contributed by atoms with Crippen molar-refractivity contribution in [3.63, 3.8) is 0 Å². The Bertz CT molecular complexity index is 125. The molecule has 0 spiro atoms. The maximum absolute atomic E-state index is 9.68. The standard InChI is InChI=1S/C4H5NO3.H2O/c6-3-5-2-1-4(7)8;/h1-2H2,(H,7,8);1H2. The average Bonchev–Trinajstić information content (AvgIpc) is 1.66. The van der Waals surface area contributed by atoms with Crippen molar-refractivity contribution in [1.82, 2.24) is 0 Å². The maximum atomic E-state index is 9.68. The molecule has 0 amide bonds. The van der Waals surface area contributed by atoms with Gasteiger partial charge in [0.2, 0.25) is 6.08 Å². The van der Waals surface area contributed by atoms with Gasteiger partial charge < -0.3 is 10.6 Å². The monoisotopic (exact) mass is 133 g/mol. The van der Waals surface area contributed by atoms with E-state index in [1.54, 1.807) is 0 Å². The van der Waals surface area contributed by atoms with Gasteiger partial charge in [0.05, 0.1) is 13.0 Å². The molecular weight excluding hydrogens is 126 g/mol. The predicted octanol–water partition coefficient (Wildman–Crippen LogP) is -1.03. The Balaban J connectivity index is 0. The lowest BCUT2D eigenvalue weighted by Crippen LogP contribution is -1.95. The number of carboxylic acids is 1. The summed E-state index contributed by atoms with van der Waals surface area (Å²) in [5.74, 6) is -0.955. The maximum Gasteiger partial charge on any atom is 0.305 e. The number of aliphatic imine (C=N–C) groups is 1. The van der Waals surface area contributed by atoms with Gasteiger partial charge in [-0.3, -0.25) is 4.79 Å². The molecule has 5 heteroatoms. The smallest absolute Gasteiger partial charge is 0.305 e. The van der Waals surface area contributed by atoms with Crippen molar-refractivity contribution >= 4 is 12.0 Å². The lowest BCUT2D eigenvalue weighted by atomic mass is 10.4. The minimum absolute atomic E-state index is 0. The number of aliphatic carboxylic acids is 1. The molecule has 52 valence electrons. The Morgan fingerprint density at radius 2 is 2.22 bits per heavy atom. The van der Waals surface area contributed by atoms with Gasteiger partial charge in [-0.25, -0.2) is 9.79 Å². The summed E-state index contributed by atoms with van der Waals surface area (Å²) in [4.78, 5) is 22.0. The molecule has 0 radical (unpaired) electrons. The van der Waals surface area contributed by atoms with E-state index in [1.165, 1.54) is 6.08 Å². The molecule has 0 heterocycles. The minimum atomic E-state index is -0.955. The zero-order valence-electron chi connectivity index (χ0n) is 4.63. The summed E-state index contributed by atoms with van der Waals surface area (Å²) in [5, 5.41) is 7.95. The first-order chi connectivity index (χ1) is 3.77. The molecule has 0 aliphatic heterocycles. The first kappa shape index (κ1) is 10.7. The van der Waals surface area contributed by atoms with Gasteiger partial charge in [-0.05, 0) is 0 Å². The summed E-state index contributed by atoms with van der Waals surface area (Å²) >= 11 is 0. The van der Waals surface area contributed by atoms with Gasteiger partial charge in [-0.1, -0.05) is 0 Å². The molecular formula is C4H7NO4. The van der Waals surface area contributed by atoms with E-state index in [4.69, 9.17) is 5.11 Å². The molecule has 0 rings (SSSR count). The molecule has 0 unspecified atom stereocenters. The number of carbonyl (C=O) groups excluding carboxylic acids is 1. The van der Waals surface area contributed by atoms with E-state index in [9.17, 15) is 9.59 Å². The topological polar surface area (TPSA) is 98.2 Å². The summed E-state index contributed by atoms with van der Waals surface area (Å²) in [6, 6.07) is 0. The van der Waals surface area contributed by atoms with Gasteiger partial charge in [0.1, 0.15) is 0 Å². The van der Waals surface area contributed by atoms with Crippen molar-refractivity contribution in [1.29, 1.82) is 0 Å². The fourth-order valence-corrected chi connectivity index (χ4v) is 0.197. The Morgan fingerprint density at radius 1 is 1.67 bits per heavy atom. The van der Waals surface area contributed by atoms with Crippen molar-refractivity contribution in [2.75, 3.05) is 6.54 Å². The van der Waals surface area contributed by atoms with Crippen LogP contribution in [0.1, 0.15) is 6.42 Å². The fraction of sp³-hybridized carbons (Fsp3) is 0.500. The molecule has 0 fully saturated rings. The second kappa shape index (κ2) is 6.81. The lowest BCUT2D eigenvalue weighted by Gasteiger charge is -1.80. The molecule has 0 aliphatic carbocycles. The van der Waals surface area contributed by atoms with E-state index < -0.39 is 5.97 Å². The zero-order chi connectivity index (χ0) is 6.41. The Hall–Kier alpha value is -1.19. The highest BCUT2D eigenvalue weighted by Gasteiger charge is 1.91. The highest BCUT2D eigenvalue weighted by molar-refractivity contribution is 5.67. The Labute approximate surface area is 51.3 Å². The molecule has 0 saturated heterocycles. The van der Waals surface area contributed by atoms with Crippen molar-refractivity contribution in [3.05, 3.63) is 0 Å². The van der Waals surface area contributed by atoms with Crippen LogP contribution in [0.5, 0.6) is 0 Å². The molecule has 0 atom stereocenters. The first-order valence-electron chi connectivity index (χ1n) is 2.03. The number of carbonyl (C=O) groups is 1. The van der Waals surface area contributed by atoms with Gasteiger partial charge in [0.15, 0.2) is 0 Å². The number of carboxylic acid groups (broad SMARTS) is 1. The van der Waals surface area contributed by atoms with Crippen LogP contribution in [0.4, 0.5) is 0 Å². The second-order valence-corrected chi connectivity index (χ2v) is 1.12. The van der Waals surface area contributed by atoms with E-state index in [-0.39, 0.29) is 18.4 Å². The lowest BCUT2D eigenvalue weighted by molar-refractivity contribution is -0.136. The molecule has 0 aliphatic rings. The van der Waals surface area contributed by atoms with Crippen molar-refractivity contribution in [2.45, 2.75) is 6.42 Å². The fourth-order valence-electron chi connectivity index (χ4n) is 0.197. The van der Waals surface area contributed by atoms with Crippen LogP contribution < -0.4 is 0 Å². The number of hydrogen-bond acceptors (Lipinski definition) is 3. The summed E-state index contributed by atoms with van der Waals surface area (Å²) in [5.41, 5.74) is 0. The SMILES string of the molecule is O.O=C=NCCC(=O)O. The van der Waals surface area contributed by atoms with Crippen LogP contribution >= 0.6 is 0 Å². The van der Waals surface area contributed by atoms with E-state index in [2.05, 4.69) is 4.99 Å². The summed E-state index contributed by atoms with van der Waals surface area (Å²) in [7, 11) is 0. The van der Waals surface area contributed by atoms with Gasteiger partial charge in [-0.2, -0.15) is 0 Å². The molecule has 0 aromatic carbocycles. The van der Waals surface area contributed by atoms with E-state index in [1.807, 2.05) is 0 Å². The first-order valence-corrected chi connectivity index (χ1v) is 2.03.